The molecular weight excluding hydrogens is 1400 g/mol. The topological polar surface area (TPSA) is 234 Å². The number of benzene rings is 6. The van der Waals surface area contributed by atoms with Crippen molar-refractivity contribution in [3.8, 4) is 0 Å². The van der Waals surface area contributed by atoms with Gasteiger partial charge >= 0.3 is 10.1 Å². The summed E-state index contributed by atoms with van der Waals surface area (Å²) in [6.07, 6.45) is 1.63. The van der Waals surface area contributed by atoms with Crippen molar-refractivity contribution in [2.45, 2.75) is 236 Å². The van der Waals surface area contributed by atoms with Crippen LogP contribution in [0, 0.1) is 5.92 Å². The van der Waals surface area contributed by atoms with Gasteiger partial charge in [-0.3, -0.25) is 21.5 Å². The fraction of sp³-hybridized carbons (Fsp3) is 0.461. The highest BCUT2D eigenvalue weighted by molar-refractivity contribution is 7.88. The Morgan fingerprint density at radius 1 is 0.414 bits per heavy atom. The van der Waals surface area contributed by atoms with E-state index >= 15 is 0 Å². The van der Waals surface area contributed by atoms with Gasteiger partial charge < -0.3 is 4.18 Å². The van der Waals surface area contributed by atoms with Gasteiger partial charge in [-0.2, -0.15) is 42.1 Å². The van der Waals surface area contributed by atoms with E-state index in [1.807, 2.05) is 107 Å². The third kappa shape index (κ3) is 27.3. The Labute approximate surface area is 604 Å². The summed E-state index contributed by atoms with van der Waals surface area (Å²) in [6.45, 7) is 49.6. The highest BCUT2D eigenvalue weighted by atomic mass is 35.5. The van der Waals surface area contributed by atoms with Gasteiger partial charge in [0.15, 0.2) is 5.78 Å². The van der Waals surface area contributed by atoms with Crippen LogP contribution in [-0.2, 0) is 71.5 Å². The molecule has 0 aliphatic carbocycles. The van der Waals surface area contributed by atoms with Gasteiger partial charge in [0.25, 0.3) is 40.5 Å². The van der Waals surface area contributed by atoms with Crippen molar-refractivity contribution in [2.24, 2.45) is 5.92 Å². The Hall–Kier alpha value is -5.56. The SMILES string of the molecule is C=CCOS(=O)(=O)c1ccc(C(C)C)cc1.C=COS(=O)(=O)c1ccc(C(C)C)cc1.CC(C)OS(=O)(=O)c1c(C(C)C)cc(C(C)C)cc1C(C)C.CC(C)c1ccc(S(=O)(=O)OC(C)C(C)C)cc1.CCOS(=O)(=O)c1c(C(C)C)cc(C(=O)c2cc(Cl)ccc2Cl)cc1C(C)C. The van der Waals surface area contributed by atoms with Crippen LogP contribution in [0.15, 0.2) is 165 Å². The Kier molecular flexibility index (Phi) is 35.9. The minimum Gasteiger partial charge on any atom is -0.388 e. The first-order chi connectivity index (χ1) is 45.6. The molecule has 0 aliphatic heterocycles. The number of carbonyl (C=O) groups excluding carboxylic acids is 1. The van der Waals surface area contributed by atoms with Crippen molar-refractivity contribution in [2.75, 3.05) is 13.2 Å². The highest BCUT2D eigenvalue weighted by Gasteiger charge is 2.31. The van der Waals surface area contributed by atoms with E-state index in [1.165, 1.54) is 29.8 Å². The monoisotopic (exact) mass is 1500 g/mol. The van der Waals surface area contributed by atoms with Crippen molar-refractivity contribution < 1.29 is 67.8 Å². The van der Waals surface area contributed by atoms with E-state index in [-0.39, 0.29) is 91.0 Å². The predicted molar refractivity (Wildman–Crippen MR) is 401 cm³/mol. The molecule has 0 fully saturated rings. The maximum atomic E-state index is 13.1. The van der Waals surface area contributed by atoms with Crippen molar-refractivity contribution >= 4 is 79.6 Å². The summed E-state index contributed by atoms with van der Waals surface area (Å²) < 4.78 is 146. The Bertz CT molecular complexity index is 4140. The number of hydrogen-bond acceptors (Lipinski definition) is 16. The van der Waals surface area contributed by atoms with Gasteiger partial charge in [-0.1, -0.05) is 209 Å². The zero-order valence-corrected chi connectivity index (χ0v) is 67.2. The zero-order chi connectivity index (χ0) is 76.0. The molecule has 0 saturated carbocycles. The molecule has 0 aromatic heterocycles. The van der Waals surface area contributed by atoms with Gasteiger partial charge in [0.2, 0.25) is 0 Å². The van der Waals surface area contributed by atoms with Gasteiger partial charge in [-0.05, 0) is 192 Å². The van der Waals surface area contributed by atoms with Crippen LogP contribution in [0.25, 0.3) is 0 Å². The molecule has 6 aromatic rings. The van der Waals surface area contributed by atoms with Crippen LogP contribution in [-0.4, -0.2) is 73.3 Å². The van der Waals surface area contributed by atoms with Gasteiger partial charge in [0, 0.05) is 16.1 Å². The molecule has 6 rings (SSSR count). The van der Waals surface area contributed by atoms with Crippen LogP contribution in [0.4, 0.5) is 0 Å². The van der Waals surface area contributed by atoms with E-state index < -0.39 is 50.6 Å². The molecule has 0 amide bonds. The Morgan fingerprint density at radius 3 is 1.11 bits per heavy atom. The summed E-state index contributed by atoms with van der Waals surface area (Å²) in [7, 11) is -18.6. The first-order valence-corrected chi connectivity index (χ1v) is 40.9. The van der Waals surface area contributed by atoms with Crippen molar-refractivity contribution in [1.29, 1.82) is 0 Å². The van der Waals surface area contributed by atoms with Crippen LogP contribution < -0.4 is 0 Å². The molecule has 6 aromatic carbocycles. The summed E-state index contributed by atoms with van der Waals surface area (Å²) in [6, 6.07) is 32.2. The van der Waals surface area contributed by atoms with E-state index in [1.54, 1.807) is 100 Å². The van der Waals surface area contributed by atoms with Gasteiger partial charge in [0.05, 0.1) is 46.5 Å². The molecule has 0 saturated heterocycles. The average molecular weight is 1510 g/mol. The molecule has 1 atom stereocenters. The second-order valence-corrected chi connectivity index (χ2v) is 35.3. The third-order valence-corrected chi connectivity index (χ3v) is 22.9. The maximum Gasteiger partial charge on any atom is 0.338 e. The van der Waals surface area contributed by atoms with Crippen molar-refractivity contribution in [3.63, 3.8) is 0 Å². The second kappa shape index (κ2) is 39.8. The standard InChI is InChI=1S/C21H24Cl2O4S.C18H30O3S.C14H22O3S.C12H16O3S.C11H14O3S/c1-6-27-28(25,26)21-16(12(2)3)9-14(10-17(21)13(4)5)20(24)18-11-15(22)7-8-19(18)23;1-11(2)15-9-16(12(3)4)18(17(10-15)13(5)6)22(19,20)21-14(7)8;1-10(2)12(5)17-18(15,16)14-8-6-13(7-9-14)11(3)4;1-4-9-15-16(13,14)12-7-5-11(6-8-12)10(2)3;1-4-14-15(12,13)11-7-5-10(6-8-11)9(2)3/h7-13H,6H2,1-5H3;9-14H,1-8H3;6-12H,1-5H3;4-8,10H,1,9H2,2-3H3;4-9H,1H2,2-3H3. The quantitative estimate of drug-likeness (QED) is 0.0202. The van der Waals surface area contributed by atoms with Crippen LogP contribution in [0.2, 0.25) is 10.0 Å². The normalized spacial score (nSPS) is 12.5. The van der Waals surface area contributed by atoms with Crippen molar-refractivity contribution in [3.05, 3.63) is 206 Å². The first kappa shape index (κ1) is 89.5. The molecule has 0 N–H and O–H groups in total. The maximum absolute atomic E-state index is 13.1. The Balaban J connectivity index is 0.000000429. The van der Waals surface area contributed by atoms with Gasteiger partial charge in [-0.25, -0.2) is 0 Å². The average Bonchev–Trinajstić information content (AvgIpc) is 0.772. The van der Waals surface area contributed by atoms with E-state index in [9.17, 15) is 46.9 Å². The summed E-state index contributed by atoms with van der Waals surface area (Å²) in [5.74, 6) is 1.33. The summed E-state index contributed by atoms with van der Waals surface area (Å²) in [4.78, 5) is 14.2. The van der Waals surface area contributed by atoms with E-state index in [4.69, 9.17) is 39.9 Å². The van der Waals surface area contributed by atoms with Gasteiger partial charge in [-0.15, -0.1) is 6.58 Å². The number of rotatable bonds is 27. The van der Waals surface area contributed by atoms with Crippen LogP contribution in [0.1, 0.15) is 260 Å². The van der Waals surface area contributed by atoms with E-state index in [0.717, 1.165) is 34.1 Å². The largest absolute Gasteiger partial charge is 0.388 e. The first-order valence-electron chi connectivity index (χ1n) is 33.1. The summed E-state index contributed by atoms with van der Waals surface area (Å²) in [5, 5.41) is 0.689. The molecule has 0 heterocycles. The smallest absolute Gasteiger partial charge is 0.338 e. The van der Waals surface area contributed by atoms with E-state index in [0.29, 0.717) is 50.3 Å². The third-order valence-electron chi connectivity index (χ3n) is 15.3. The van der Waals surface area contributed by atoms with Crippen molar-refractivity contribution in [1.82, 2.24) is 0 Å². The molecule has 0 radical (unpaired) electrons. The van der Waals surface area contributed by atoms with Crippen LogP contribution in [0.3, 0.4) is 0 Å². The predicted octanol–water partition coefficient (Wildman–Crippen LogP) is 20.3. The van der Waals surface area contributed by atoms with E-state index in [2.05, 4.69) is 58.9 Å². The number of carbonyl (C=O) groups is 1. The molecule has 0 aliphatic rings. The molecule has 99 heavy (non-hydrogen) atoms. The molecule has 1 unspecified atom stereocenters. The fourth-order valence-electron chi connectivity index (χ4n) is 9.25. The lowest BCUT2D eigenvalue weighted by molar-refractivity contribution is 0.103. The molecule has 0 bridgehead atoms. The minimum atomic E-state index is -3.94. The summed E-state index contributed by atoms with van der Waals surface area (Å²) >= 11 is 12.2. The zero-order valence-electron chi connectivity index (χ0n) is 61.6. The van der Waals surface area contributed by atoms with Gasteiger partial charge in [0.1, 0.15) is 14.7 Å². The number of halogens is 2. The number of hydrogen-bond donors (Lipinski definition) is 0. The molecule has 550 valence electrons. The summed E-state index contributed by atoms with van der Waals surface area (Å²) in [5.41, 5.74) is 7.93. The second-order valence-electron chi connectivity index (χ2n) is 26.6. The fourth-order valence-corrected chi connectivity index (χ4v) is 15.8. The number of ketones is 1. The molecule has 16 nitrogen and oxygen atoms in total. The Morgan fingerprint density at radius 2 is 0.778 bits per heavy atom. The lowest BCUT2D eigenvalue weighted by Gasteiger charge is -2.23. The molecule has 23 heteroatoms. The minimum absolute atomic E-state index is 0.00569. The van der Waals surface area contributed by atoms with Crippen LogP contribution in [0.5, 0.6) is 0 Å². The molecule has 0 spiro atoms. The lowest BCUT2D eigenvalue weighted by atomic mass is 9.89. The highest BCUT2D eigenvalue weighted by Crippen LogP contribution is 2.38. The lowest BCUT2D eigenvalue weighted by Crippen LogP contribution is -2.20. The van der Waals surface area contributed by atoms with Crippen LogP contribution >= 0.6 is 23.2 Å². The molecular formula is C76H106Cl2O16S5.